The van der Waals surface area contributed by atoms with Crippen LogP contribution in [0.15, 0.2) is 17.1 Å². The van der Waals surface area contributed by atoms with E-state index in [0.29, 0.717) is 17.9 Å². The Kier molecular flexibility index (Phi) is 6.16. The maximum Gasteiger partial charge on any atom is 0.194 e. The van der Waals surface area contributed by atoms with Crippen molar-refractivity contribution < 1.29 is 13.2 Å². The maximum absolute atomic E-state index is 13.3. The zero-order chi connectivity index (χ0) is 15.7. The molecule has 2 N–H and O–H groups in total. The van der Waals surface area contributed by atoms with Gasteiger partial charge in [-0.3, -0.25) is 0 Å². The van der Waals surface area contributed by atoms with E-state index < -0.39 is 17.5 Å². The Morgan fingerprint density at radius 2 is 1.61 bits per heavy atom. The summed E-state index contributed by atoms with van der Waals surface area (Å²) in [4.78, 5) is 6.55. The molecule has 1 aromatic carbocycles. The minimum absolute atomic E-state index is 0. The summed E-state index contributed by atoms with van der Waals surface area (Å²) >= 11 is 0. The molecule has 1 aliphatic carbocycles. The van der Waals surface area contributed by atoms with Crippen LogP contribution in [0.2, 0.25) is 0 Å². The van der Waals surface area contributed by atoms with E-state index in [9.17, 15) is 13.2 Å². The summed E-state index contributed by atoms with van der Waals surface area (Å²) in [7, 11) is 0. The van der Waals surface area contributed by atoms with Gasteiger partial charge < -0.3 is 10.6 Å². The van der Waals surface area contributed by atoms with Crippen molar-refractivity contribution in [2.24, 2.45) is 10.7 Å². The van der Waals surface area contributed by atoms with Gasteiger partial charge >= 0.3 is 0 Å². The summed E-state index contributed by atoms with van der Waals surface area (Å²) in [5, 5.41) is 0. The second-order valence-electron chi connectivity index (χ2n) is 6.10. The number of halogens is 4. The minimum Gasteiger partial charge on any atom is -0.370 e. The molecule has 2 atom stereocenters. The SMILES string of the molecule is I.NC(=N[C@@H]1C[C@H]1c1cc(F)c(F)c(F)c1)N1CCCCCC1. The molecule has 128 valence electrons. The molecule has 0 spiro atoms. The van der Waals surface area contributed by atoms with E-state index in [1.165, 1.54) is 12.8 Å². The monoisotopic (exact) mass is 439 g/mol. The molecule has 1 saturated carbocycles. The summed E-state index contributed by atoms with van der Waals surface area (Å²) in [6.07, 6.45) is 5.34. The highest BCUT2D eigenvalue weighted by molar-refractivity contribution is 14.0. The van der Waals surface area contributed by atoms with Gasteiger partial charge in [0.25, 0.3) is 0 Å². The highest BCUT2D eigenvalue weighted by Crippen LogP contribution is 2.44. The van der Waals surface area contributed by atoms with E-state index in [-0.39, 0.29) is 35.9 Å². The van der Waals surface area contributed by atoms with E-state index in [1.54, 1.807) is 0 Å². The fraction of sp³-hybridized carbons (Fsp3) is 0.562. The van der Waals surface area contributed by atoms with E-state index in [0.717, 1.165) is 38.1 Å². The first-order valence-corrected chi connectivity index (χ1v) is 7.79. The molecule has 23 heavy (non-hydrogen) atoms. The third kappa shape index (κ3) is 4.30. The molecule has 0 unspecified atom stereocenters. The van der Waals surface area contributed by atoms with Gasteiger partial charge in [-0.1, -0.05) is 12.8 Å². The van der Waals surface area contributed by atoms with Crippen molar-refractivity contribution in [1.29, 1.82) is 0 Å². The Morgan fingerprint density at radius 3 is 2.17 bits per heavy atom. The van der Waals surface area contributed by atoms with Gasteiger partial charge in [-0.2, -0.15) is 0 Å². The van der Waals surface area contributed by atoms with E-state index in [4.69, 9.17) is 5.73 Å². The predicted molar refractivity (Wildman–Crippen MR) is 94.5 cm³/mol. The first kappa shape index (κ1) is 18.4. The van der Waals surface area contributed by atoms with Crippen LogP contribution in [0.1, 0.15) is 43.6 Å². The molecule has 1 heterocycles. The molecule has 3 nitrogen and oxygen atoms in total. The number of benzene rings is 1. The lowest BCUT2D eigenvalue weighted by molar-refractivity contribution is 0.428. The molecular weight excluding hydrogens is 418 g/mol. The fourth-order valence-electron chi connectivity index (χ4n) is 3.02. The van der Waals surface area contributed by atoms with E-state index >= 15 is 0 Å². The summed E-state index contributed by atoms with van der Waals surface area (Å²) in [5.41, 5.74) is 6.50. The standard InChI is InChI=1S/C16H20F3N3.HI/c17-12-7-10(8-13(18)15(12)19)11-9-14(11)21-16(20)22-5-3-1-2-4-6-22;/h7-8,11,14H,1-6,9H2,(H2,20,21);1H/t11-,14+;/m0./s1. The van der Waals surface area contributed by atoms with Gasteiger partial charge in [-0.25, -0.2) is 18.2 Å². The first-order chi connectivity index (χ1) is 10.6. The molecule has 1 aliphatic heterocycles. The summed E-state index contributed by atoms with van der Waals surface area (Å²) in [6.45, 7) is 1.82. The molecular formula is C16H21F3IN3. The van der Waals surface area contributed by atoms with Gasteiger partial charge in [-0.05, 0) is 37.0 Å². The van der Waals surface area contributed by atoms with Crippen molar-refractivity contribution in [3.63, 3.8) is 0 Å². The van der Waals surface area contributed by atoms with Crippen molar-refractivity contribution in [3.05, 3.63) is 35.1 Å². The topological polar surface area (TPSA) is 41.6 Å². The smallest absolute Gasteiger partial charge is 0.194 e. The van der Waals surface area contributed by atoms with Crippen LogP contribution in [0.25, 0.3) is 0 Å². The summed E-state index contributed by atoms with van der Waals surface area (Å²) in [6, 6.07) is 2.05. The lowest BCUT2D eigenvalue weighted by Gasteiger charge is -2.21. The minimum atomic E-state index is -1.42. The molecule has 0 bridgehead atoms. The second kappa shape index (κ2) is 7.72. The van der Waals surface area contributed by atoms with Gasteiger partial charge in [0.15, 0.2) is 23.4 Å². The van der Waals surface area contributed by atoms with Crippen molar-refractivity contribution in [1.82, 2.24) is 4.90 Å². The average molecular weight is 439 g/mol. The molecule has 3 rings (SSSR count). The summed E-state index contributed by atoms with van der Waals surface area (Å²) in [5.74, 6) is -3.28. The third-order valence-electron chi connectivity index (χ3n) is 4.42. The number of nitrogens with two attached hydrogens (primary N) is 1. The molecule has 0 amide bonds. The normalized spacial score (nSPS) is 24.8. The van der Waals surface area contributed by atoms with Crippen molar-refractivity contribution in [2.75, 3.05) is 13.1 Å². The Morgan fingerprint density at radius 1 is 1.04 bits per heavy atom. The number of hydrogen-bond donors (Lipinski definition) is 1. The van der Waals surface area contributed by atoms with Gasteiger partial charge in [0.2, 0.25) is 0 Å². The van der Waals surface area contributed by atoms with E-state index in [2.05, 4.69) is 9.89 Å². The molecule has 0 aromatic heterocycles. The Balaban J connectivity index is 0.00000192. The van der Waals surface area contributed by atoms with Crippen LogP contribution in [-0.2, 0) is 0 Å². The van der Waals surface area contributed by atoms with Crippen LogP contribution in [-0.4, -0.2) is 30.0 Å². The highest BCUT2D eigenvalue weighted by Gasteiger charge is 2.39. The quantitative estimate of drug-likeness (QED) is 0.330. The Bertz CT molecular complexity index is 563. The average Bonchev–Trinajstić information content (AvgIpc) is 3.27. The Labute approximate surface area is 151 Å². The number of likely N-dealkylation sites (tertiary alicyclic amines) is 1. The highest BCUT2D eigenvalue weighted by atomic mass is 127. The number of rotatable bonds is 2. The van der Waals surface area contributed by atoms with Crippen molar-refractivity contribution in [3.8, 4) is 0 Å². The zero-order valence-electron chi connectivity index (χ0n) is 12.8. The molecule has 7 heteroatoms. The number of hydrogen-bond acceptors (Lipinski definition) is 1. The lowest BCUT2D eigenvalue weighted by atomic mass is 10.1. The number of aliphatic imine (C=N–C) groups is 1. The summed E-state index contributed by atoms with van der Waals surface area (Å²) < 4.78 is 39.5. The van der Waals surface area contributed by atoms with Gasteiger partial charge in [0.05, 0.1) is 6.04 Å². The molecule has 0 radical (unpaired) electrons. The van der Waals surface area contributed by atoms with Crippen molar-refractivity contribution in [2.45, 2.75) is 44.1 Å². The molecule has 2 fully saturated rings. The number of nitrogens with zero attached hydrogens (tertiary/aromatic N) is 2. The van der Waals surface area contributed by atoms with Gasteiger partial charge in [-0.15, -0.1) is 24.0 Å². The van der Waals surface area contributed by atoms with Crippen LogP contribution in [0.4, 0.5) is 13.2 Å². The predicted octanol–water partition coefficient (Wildman–Crippen LogP) is 3.77. The molecule has 1 saturated heterocycles. The fourth-order valence-corrected chi connectivity index (χ4v) is 3.02. The molecule has 1 aromatic rings. The van der Waals surface area contributed by atoms with Crippen molar-refractivity contribution >= 4 is 29.9 Å². The second-order valence-corrected chi connectivity index (χ2v) is 6.10. The van der Waals surface area contributed by atoms with E-state index in [1.807, 2.05) is 0 Å². The van der Waals surface area contributed by atoms with Crippen LogP contribution < -0.4 is 5.73 Å². The largest absolute Gasteiger partial charge is 0.370 e. The van der Waals surface area contributed by atoms with Crippen LogP contribution in [0.3, 0.4) is 0 Å². The van der Waals surface area contributed by atoms with Crippen LogP contribution in [0.5, 0.6) is 0 Å². The van der Waals surface area contributed by atoms with Gasteiger partial charge in [0, 0.05) is 19.0 Å². The maximum atomic E-state index is 13.3. The molecule has 2 aliphatic rings. The van der Waals surface area contributed by atoms with Crippen LogP contribution >= 0.6 is 24.0 Å². The van der Waals surface area contributed by atoms with Gasteiger partial charge in [0.1, 0.15) is 0 Å². The third-order valence-corrected chi connectivity index (χ3v) is 4.42. The zero-order valence-corrected chi connectivity index (χ0v) is 15.1. The Hall–Kier alpha value is -0.990. The first-order valence-electron chi connectivity index (χ1n) is 7.79. The number of guanidine groups is 1. The lowest BCUT2D eigenvalue weighted by Crippen LogP contribution is -2.38. The van der Waals surface area contributed by atoms with Crippen LogP contribution in [0, 0.1) is 17.5 Å².